The van der Waals surface area contributed by atoms with E-state index in [-0.39, 0.29) is 10.9 Å². The Hall–Kier alpha value is -2.19. The average molecular weight is 367 g/mol. The molecule has 2 heterocycles. The van der Waals surface area contributed by atoms with Gasteiger partial charge >= 0.3 is 6.18 Å². The Balaban J connectivity index is 1.91. The smallest absolute Gasteiger partial charge is 0.303 e. The summed E-state index contributed by atoms with van der Waals surface area (Å²) in [5, 5.41) is 8.60. The summed E-state index contributed by atoms with van der Waals surface area (Å²) in [4.78, 5) is 17.9. The number of carbonyl (C=O) groups excluding carboxylic acids is 1. The molecule has 0 radical (unpaired) electrons. The molecule has 1 aromatic heterocycles. The Labute approximate surface area is 148 Å². The third-order valence-electron chi connectivity index (χ3n) is 4.70. The van der Waals surface area contributed by atoms with Gasteiger partial charge in [-0.05, 0) is 63.0 Å². The quantitative estimate of drug-likeness (QED) is 0.628. The lowest BCUT2D eigenvalue weighted by atomic mass is 9.99. The maximum atomic E-state index is 13.6. The van der Waals surface area contributed by atoms with E-state index in [1.54, 1.807) is 6.07 Å². The molecule has 1 fully saturated rings. The van der Waals surface area contributed by atoms with Crippen LogP contribution in [0.4, 0.5) is 13.2 Å². The summed E-state index contributed by atoms with van der Waals surface area (Å²) in [6.45, 7) is 3.09. The minimum Gasteiger partial charge on any atom is -0.303 e. The van der Waals surface area contributed by atoms with Gasteiger partial charge in [0.25, 0.3) is 5.91 Å². The van der Waals surface area contributed by atoms with Crippen molar-refractivity contribution in [3.8, 4) is 0 Å². The van der Waals surface area contributed by atoms with Crippen molar-refractivity contribution in [1.29, 1.82) is 0 Å². The number of hydroxylamine groups is 1. The van der Waals surface area contributed by atoms with Crippen LogP contribution in [0.2, 0.25) is 0 Å². The van der Waals surface area contributed by atoms with Gasteiger partial charge in [0.1, 0.15) is 0 Å². The fourth-order valence-electron chi connectivity index (χ4n) is 3.45. The van der Waals surface area contributed by atoms with Crippen molar-refractivity contribution in [2.75, 3.05) is 19.6 Å². The lowest BCUT2D eigenvalue weighted by molar-refractivity contribution is -0.136. The summed E-state index contributed by atoms with van der Waals surface area (Å²) in [5.74, 6) is -1.23. The number of amides is 1. The molecule has 1 amide bonds. The molecule has 0 atom stereocenters. The minimum absolute atomic E-state index is 0.128. The summed E-state index contributed by atoms with van der Waals surface area (Å²) in [7, 11) is 0. The van der Waals surface area contributed by atoms with Crippen LogP contribution >= 0.6 is 0 Å². The number of fused-ring (bicyclic) bond motifs is 1. The van der Waals surface area contributed by atoms with Crippen molar-refractivity contribution in [3.63, 3.8) is 0 Å². The van der Waals surface area contributed by atoms with Gasteiger partial charge < -0.3 is 4.90 Å². The first-order valence-corrected chi connectivity index (χ1v) is 8.56. The van der Waals surface area contributed by atoms with E-state index in [1.807, 2.05) is 0 Å². The number of aryl methyl sites for hydroxylation is 1. The van der Waals surface area contributed by atoms with Gasteiger partial charge in [0.05, 0.1) is 16.6 Å². The molecule has 2 aromatic rings. The molecule has 1 saturated heterocycles. The second-order valence-electron chi connectivity index (χ2n) is 6.49. The van der Waals surface area contributed by atoms with Crippen molar-refractivity contribution >= 4 is 16.8 Å². The number of rotatable bonds is 5. The van der Waals surface area contributed by atoms with Gasteiger partial charge in [-0.1, -0.05) is 6.07 Å². The fraction of sp³-hybridized carbons (Fsp3) is 0.444. The third-order valence-corrected chi connectivity index (χ3v) is 4.70. The average Bonchev–Trinajstić information content (AvgIpc) is 3.12. The molecule has 0 aliphatic carbocycles. The van der Waals surface area contributed by atoms with Crippen molar-refractivity contribution in [2.24, 2.45) is 0 Å². The van der Waals surface area contributed by atoms with Gasteiger partial charge in [-0.2, -0.15) is 13.2 Å². The standard InChI is InChI=1S/C18H20F3N3O2/c19-18(20,21)16-13-10-12(4-3-9-24-7-1-2-8-24)5-6-15(13)22-11-14(16)17(25)23-26/h5-6,10-11,26H,1-4,7-9H2,(H,23,25). The lowest BCUT2D eigenvalue weighted by Gasteiger charge is -2.16. The molecule has 140 valence electrons. The molecule has 0 unspecified atom stereocenters. The van der Waals surface area contributed by atoms with Gasteiger partial charge in [-0.15, -0.1) is 0 Å². The number of nitrogens with zero attached hydrogens (tertiary/aromatic N) is 2. The van der Waals surface area contributed by atoms with Gasteiger partial charge in [0.2, 0.25) is 0 Å². The molecule has 2 N–H and O–H groups in total. The number of alkyl halides is 3. The van der Waals surface area contributed by atoms with Crippen LogP contribution in [0, 0.1) is 0 Å². The number of benzene rings is 1. The maximum absolute atomic E-state index is 13.6. The minimum atomic E-state index is -4.74. The molecule has 0 bridgehead atoms. The van der Waals surface area contributed by atoms with Crippen LogP contribution in [0.3, 0.4) is 0 Å². The Kier molecular flexibility index (Phi) is 5.43. The number of nitrogens with one attached hydrogen (secondary N) is 1. The Morgan fingerprint density at radius 3 is 2.65 bits per heavy atom. The highest BCUT2D eigenvalue weighted by Crippen LogP contribution is 2.37. The first-order valence-electron chi connectivity index (χ1n) is 8.56. The van der Waals surface area contributed by atoms with E-state index in [0.717, 1.165) is 37.8 Å². The van der Waals surface area contributed by atoms with Gasteiger partial charge in [0, 0.05) is 11.6 Å². The molecule has 8 heteroatoms. The normalized spacial score (nSPS) is 15.5. The predicted molar refractivity (Wildman–Crippen MR) is 90.0 cm³/mol. The van der Waals surface area contributed by atoms with Crippen LogP contribution in [-0.4, -0.2) is 40.6 Å². The number of pyridine rings is 1. The highest BCUT2D eigenvalue weighted by molar-refractivity contribution is 6.00. The van der Waals surface area contributed by atoms with E-state index in [2.05, 4.69) is 9.88 Å². The number of aromatic nitrogens is 1. The van der Waals surface area contributed by atoms with E-state index >= 15 is 0 Å². The summed E-state index contributed by atoms with van der Waals surface area (Å²) in [6, 6.07) is 4.75. The van der Waals surface area contributed by atoms with Gasteiger partial charge in [-0.25, -0.2) is 5.48 Å². The Bertz CT molecular complexity index is 802. The SMILES string of the molecule is O=C(NO)c1cnc2ccc(CCCN3CCCC3)cc2c1C(F)(F)F. The molecule has 26 heavy (non-hydrogen) atoms. The largest absolute Gasteiger partial charge is 0.417 e. The van der Waals surface area contributed by atoms with E-state index in [9.17, 15) is 18.0 Å². The lowest BCUT2D eigenvalue weighted by Crippen LogP contribution is -2.23. The molecule has 5 nitrogen and oxygen atoms in total. The highest BCUT2D eigenvalue weighted by atomic mass is 19.4. The number of hydrogen-bond donors (Lipinski definition) is 2. The second-order valence-corrected chi connectivity index (χ2v) is 6.49. The van der Waals surface area contributed by atoms with Crippen LogP contribution in [0.1, 0.15) is 40.7 Å². The van der Waals surface area contributed by atoms with Crippen molar-refractivity contribution in [1.82, 2.24) is 15.4 Å². The zero-order valence-corrected chi connectivity index (χ0v) is 14.1. The first-order chi connectivity index (χ1) is 12.4. The van der Waals surface area contributed by atoms with E-state index in [0.29, 0.717) is 6.42 Å². The molecule has 0 spiro atoms. The summed E-state index contributed by atoms with van der Waals surface area (Å²) >= 11 is 0. The second kappa shape index (κ2) is 7.59. The van der Waals surface area contributed by atoms with Crippen LogP contribution in [0.15, 0.2) is 24.4 Å². The number of halogens is 3. The third kappa shape index (κ3) is 3.96. The molecule has 3 rings (SSSR count). The molecule has 0 saturated carbocycles. The molecular weight excluding hydrogens is 347 g/mol. The van der Waals surface area contributed by atoms with Crippen LogP contribution in [-0.2, 0) is 12.6 Å². The van der Waals surface area contributed by atoms with E-state index in [4.69, 9.17) is 5.21 Å². The van der Waals surface area contributed by atoms with Crippen LogP contribution < -0.4 is 5.48 Å². The van der Waals surface area contributed by atoms with E-state index < -0.39 is 23.2 Å². The number of carbonyl (C=O) groups is 1. The van der Waals surface area contributed by atoms with Crippen molar-refractivity contribution in [2.45, 2.75) is 31.9 Å². The van der Waals surface area contributed by atoms with Crippen molar-refractivity contribution in [3.05, 3.63) is 41.1 Å². The fourth-order valence-corrected chi connectivity index (χ4v) is 3.45. The zero-order chi connectivity index (χ0) is 18.7. The summed E-state index contributed by atoms with van der Waals surface area (Å²) < 4.78 is 40.7. The number of likely N-dealkylation sites (tertiary alicyclic amines) is 1. The van der Waals surface area contributed by atoms with E-state index in [1.165, 1.54) is 30.5 Å². The highest BCUT2D eigenvalue weighted by Gasteiger charge is 2.37. The summed E-state index contributed by atoms with van der Waals surface area (Å²) in [6.07, 6.45) is 0.0107. The Morgan fingerprint density at radius 1 is 1.27 bits per heavy atom. The van der Waals surface area contributed by atoms with Gasteiger partial charge in [-0.3, -0.25) is 15.0 Å². The van der Waals surface area contributed by atoms with Crippen LogP contribution in [0.5, 0.6) is 0 Å². The van der Waals surface area contributed by atoms with Crippen molar-refractivity contribution < 1.29 is 23.2 Å². The first kappa shape index (κ1) is 18.6. The zero-order valence-electron chi connectivity index (χ0n) is 14.1. The topological polar surface area (TPSA) is 65.5 Å². The van der Waals surface area contributed by atoms with Gasteiger partial charge in [0.15, 0.2) is 0 Å². The Morgan fingerprint density at radius 2 is 2.00 bits per heavy atom. The van der Waals surface area contributed by atoms with Crippen LogP contribution in [0.25, 0.3) is 10.9 Å². The summed E-state index contributed by atoms with van der Waals surface area (Å²) in [5.41, 5.74) is 0.419. The molecular formula is C18H20F3N3O2. The maximum Gasteiger partial charge on any atom is 0.417 e. The molecule has 1 aliphatic heterocycles. The molecule has 1 aromatic carbocycles. The monoisotopic (exact) mass is 367 g/mol. The molecule has 1 aliphatic rings. The predicted octanol–water partition coefficient (Wildman–Crippen LogP) is 3.40. The number of hydrogen-bond acceptors (Lipinski definition) is 4.